The van der Waals surface area contributed by atoms with Gasteiger partial charge in [0, 0.05) is 12.7 Å². The minimum atomic E-state index is -0.440. The minimum Gasteiger partial charge on any atom is -0.466 e. The third-order valence-electron chi connectivity index (χ3n) is 1.61. The first-order valence-corrected chi connectivity index (χ1v) is 4.56. The van der Waals surface area contributed by atoms with Crippen LogP contribution >= 0.6 is 0 Å². The third-order valence-corrected chi connectivity index (χ3v) is 1.61. The zero-order valence-corrected chi connectivity index (χ0v) is 8.67. The summed E-state index contributed by atoms with van der Waals surface area (Å²) >= 11 is 0. The maximum absolute atomic E-state index is 10.8. The monoisotopic (exact) mass is 211 g/mol. The molecule has 1 rings (SSSR count). The Morgan fingerprint density at radius 1 is 1.73 bits per heavy atom. The molecule has 0 fully saturated rings. The van der Waals surface area contributed by atoms with Gasteiger partial charge in [-0.15, -0.1) is 0 Å². The Morgan fingerprint density at radius 2 is 2.53 bits per heavy atom. The van der Waals surface area contributed by atoms with Gasteiger partial charge in [0.1, 0.15) is 5.71 Å². The van der Waals surface area contributed by atoms with Gasteiger partial charge in [0.15, 0.2) is 0 Å². The number of oxime groups is 1. The topological polar surface area (TPSA) is 57.1 Å². The van der Waals surface area contributed by atoms with Crippen LogP contribution in [-0.2, 0) is 19.1 Å². The molecule has 5 heteroatoms. The van der Waals surface area contributed by atoms with E-state index in [4.69, 9.17) is 9.57 Å². The molecule has 0 amide bonds. The second-order valence-corrected chi connectivity index (χ2v) is 2.66. The molecule has 1 unspecified atom stereocenters. The molecule has 1 aliphatic heterocycles. The lowest BCUT2D eigenvalue weighted by Gasteiger charge is -2.13. The van der Waals surface area contributed by atoms with E-state index in [1.807, 2.05) is 6.92 Å². The van der Waals surface area contributed by atoms with E-state index in [1.54, 1.807) is 12.2 Å². The predicted molar refractivity (Wildman–Crippen MR) is 54.2 cm³/mol. The third kappa shape index (κ3) is 3.95. The van der Waals surface area contributed by atoms with E-state index in [2.05, 4.69) is 9.89 Å². The molecule has 0 saturated heterocycles. The number of allylic oxidation sites excluding steroid dienone is 2. The number of hydrogen-bond acceptors (Lipinski definition) is 5. The van der Waals surface area contributed by atoms with E-state index < -0.39 is 12.3 Å². The molecule has 0 radical (unpaired) electrons. The Bertz CT molecular complexity index is 307. The smallest absolute Gasteiger partial charge is 0.330 e. The van der Waals surface area contributed by atoms with Crippen molar-refractivity contribution in [1.82, 2.24) is 0 Å². The number of carbonyl (C=O) groups excluding carboxylic acids is 1. The molecule has 82 valence electrons. The molecule has 0 aromatic carbocycles. The zero-order valence-electron chi connectivity index (χ0n) is 8.67. The van der Waals surface area contributed by atoms with E-state index in [-0.39, 0.29) is 0 Å². The fourth-order valence-electron chi connectivity index (χ4n) is 0.913. The number of esters is 1. The Hall–Kier alpha value is -1.62. The van der Waals surface area contributed by atoms with E-state index in [1.165, 1.54) is 19.3 Å². The van der Waals surface area contributed by atoms with Crippen LogP contribution in [0.25, 0.3) is 0 Å². The van der Waals surface area contributed by atoms with E-state index in [0.717, 1.165) is 0 Å². The largest absolute Gasteiger partial charge is 0.466 e. The summed E-state index contributed by atoms with van der Waals surface area (Å²) in [5, 5.41) is 3.75. The van der Waals surface area contributed by atoms with Gasteiger partial charge in [0.25, 0.3) is 0 Å². The van der Waals surface area contributed by atoms with Crippen molar-refractivity contribution in [3.63, 3.8) is 0 Å². The lowest BCUT2D eigenvalue weighted by molar-refractivity contribution is -0.134. The average molecular weight is 211 g/mol. The van der Waals surface area contributed by atoms with Gasteiger partial charge in [-0.3, -0.25) is 0 Å². The second kappa shape index (κ2) is 5.98. The highest BCUT2D eigenvalue weighted by Gasteiger charge is 2.09. The second-order valence-electron chi connectivity index (χ2n) is 2.66. The first-order valence-electron chi connectivity index (χ1n) is 4.56. The van der Waals surface area contributed by atoms with Crippen molar-refractivity contribution in [2.24, 2.45) is 5.16 Å². The van der Waals surface area contributed by atoms with Crippen molar-refractivity contribution < 1.29 is 19.1 Å². The maximum atomic E-state index is 10.8. The van der Waals surface area contributed by atoms with Crippen molar-refractivity contribution in [2.45, 2.75) is 13.2 Å². The highest BCUT2D eigenvalue weighted by molar-refractivity contribution is 6.06. The van der Waals surface area contributed by atoms with E-state index in [0.29, 0.717) is 12.3 Å². The molecule has 0 aliphatic carbocycles. The first-order chi connectivity index (χ1) is 7.26. The quantitative estimate of drug-likeness (QED) is 0.514. The van der Waals surface area contributed by atoms with Crippen LogP contribution in [0, 0.1) is 0 Å². The summed E-state index contributed by atoms with van der Waals surface area (Å²) in [4.78, 5) is 15.7. The SMILES string of the molecule is CCOC1C=CC(C=CC(=O)OC)=NO1. The molecule has 5 nitrogen and oxygen atoms in total. The molecule has 0 aromatic heterocycles. The number of rotatable bonds is 4. The van der Waals surface area contributed by atoms with Gasteiger partial charge in [-0.25, -0.2) is 4.79 Å². The lowest BCUT2D eigenvalue weighted by atomic mass is 10.3. The van der Waals surface area contributed by atoms with Crippen molar-refractivity contribution in [3.8, 4) is 0 Å². The van der Waals surface area contributed by atoms with E-state index in [9.17, 15) is 4.79 Å². The summed E-state index contributed by atoms with van der Waals surface area (Å²) in [6.45, 7) is 2.42. The summed E-state index contributed by atoms with van der Waals surface area (Å²) in [5.41, 5.74) is 0.538. The summed E-state index contributed by atoms with van der Waals surface area (Å²) in [6, 6.07) is 0. The van der Waals surface area contributed by atoms with Crippen LogP contribution < -0.4 is 0 Å². The molecule has 15 heavy (non-hydrogen) atoms. The van der Waals surface area contributed by atoms with Crippen molar-refractivity contribution >= 4 is 11.7 Å². The predicted octanol–water partition coefficient (Wildman–Crippen LogP) is 1.02. The van der Waals surface area contributed by atoms with E-state index >= 15 is 0 Å². The Balaban J connectivity index is 2.45. The van der Waals surface area contributed by atoms with Gasteiger partial charge in [0.05, 0.1) is 7.11 Å². The molecule has 0 N–H and O–H groups in total. The number of carbonyl (C=O) groups is 1. The van der Waals surface area contributed by atoms with Gasteiger partial charge in [-0.05, 0) is 25.2 Å². The highest BCUT2D eigenvalue weighted by atomic mass is 16.8. The summed E-state index contributed by atoms with van der Waals surface area (Å²) in [7, 11) is 1.31. The van der Waals surface area contributed by atoms with Crippen molar-refractivity contribution in [3.05, 3.63) is 24.3 Å². The summed E-state index contributed by atoms with van der Waals surface area (Å²) in [6.07, 6.45) is 5.76. The van der Waals surface area contributed by atoms with Gasteiger partial charge in [0.2, 0.25) is 6.29 Å². The van der Waals surface area contributed by atoms with Gasteiger partial charge in [-0.1, -0.05) is 5.16 Å². The Morgan fingerprint density at radius 3 is 3.07 bits per heavy atom. The summed E-state index contributed by atoms with van der Waals surface area (Å²) in [5.74, 6) is -0.432. The standard InChI is InChI=1S/C10H13NO4/c1-3-14-10-7-5-8(11-15-10)4-6-9(12)13-2/h4-7,10H,3H2,1-2H3. The van der Waals surface area contributed by atoms with Crippen LogP contribution in [0.1, 0.15) is 6.92 Å². The van der Waals surface area contributed by atoms with Crippen LogP contribution in [0.3, 0.4) is 0 Å². The molecule has 1 aliphatic rings. The molecule has 0 spiro atoms. The number of methoxy groups -OCH3 is 1. The molecule has 0 saturated carbocycles. The van der Waals surface area contributed by atoms with Gasteiger partial charge in [-0.2, -0.15) is 0 Å². The van der Waals surface area contributed by atoms with Crippen molar-refractivity contribution in [2.75, 3.05) is 13.7 Å². The fraction of sp³-hybridized carbons (Fsp3) is 0.400. The van der Waals surface area contributed by atoms with Crippen LogP contribution in [0.2, 0.25) is 0 Å². The zero-order chi connectivity index (χ0) is 11.1. The van der Waals surface area contributed by atoms with Crippen LogP contribution in [-0.4, -0.2) is 31.7 Å². The highest BCUT2D eigenvalue weighted by Crippen LogP contribution is 2.05. The minimum absolute atomic E-state index is 0.432. The number of ether oxygens (including phenoxy) is 2. The molecule has 1 atom stereocenters. The molecule has 1 heterocycles. The molecule has 0 aromatic rings. The van der Waals surface area contributed by atoms with Crippen LogP contribution in [0.4, 0.5) is 0 Å². The van der Waals surface area contributed by atoms with Crippen LogP contribution in [0.5, 0.6) is 0 Å². The van der Waals surface area contributed by atoms with Gasteiger partial charge < -0.3 is 14.3 Å². The van der Waals surface area contributed by atoms with Gasteiger partial charge >= 0.3 is 5.97 Å². The fourth-order valence-corrected chi connectivity index (χ4v) is 0.913. The normalized spacial score (nSPS) is 19.9. The number of nitrogens with zero attached hydrogens (tertiary/aromatic N) is 1. The Labute approximate surface area is 88.0 Å². The van der Waals surface area contributed by atoms with Crippen LogP contribution in [0.15, 0.2) is 29.5 Å². The maximum Gasteiger partial charge on any atom is 0.330 e. The molecular weight excluding hydrogens is 198 g/mol. The first kappa shape index (κ1) is 11.5. The molecule has 0 bridgehead atoms. The average Bonchev–Trinajstić information content (AvgIpc) is 2.28. The summed E-state index contributed by atoms with van der Waals surface area (Å²) < 4.78 is 9.58. The lowest BCUT2D eigenvalue weighted by Crippen LogP contribution is -2.16. The Kier molecular flexibility index (Phi) is 4.56. The number of hydrogen-bond donors (Lipinski definition) is 0. The molecular formula is C10H13NO4. The van der Waals surface area contributed by atoms with Crippen molar-refractivity contribution in [1.29, 1.82) is 0 Å².